The molecule has 0 saturated carbocycles. The smallest absolute Gasteiger partial charge is 0.417 e. The SMILES string of the molecule is COc1ccc(Br)cc1C1Nc2cc(C(F)(F)F)c(S(N)(=O)=O)cc2S(=O)(=O)N1. The van der Waals surface area contributed by atoms with Crippen molar-refractivity contribution in [3.63, 3.8) is 0 Å². The van der Waals surface area contributed by atoms with Crippen LogP contribution in [-0.4, -0.2) is 23.9 Å². The van der Waals surface area contributed by atoms with E-state index in [9.17, 15) is 30.0 Å². The predicted octanol–water partition coefficient (Wildman–Crippen LogP) is 2.53. The van der Waals surface area contributed by atoms with Gasteiger partial charge in [0.1, 0.15) is 16.8 Å². The van der Waals surface area contributed by atoms with Crippen LogP contribution < -0.4 is 19.9 Å². The summed E-state index contributed by atoms with van der Waals surface area (Å²) in [6.45, 7) is 0. The van der Waals surface area contributed by atoms with Crippen LogP contribution in [0.3, 0.4) is 0 Å². The molecule has 1 heterocycles. The molecule has 1 atom stereocenters. The number of nitrogens with two attached hydrogens (primary N) is 1. The first-order valence-corrected chi connectivity index (χ1v) is 11.5. The van der Waals surface area contributed by atoms with Gasteiger partial charge in [-0.25, -0.2) is 22.0 Å². The van der Waals surface area contributed by atoms with Crippen molar-refractivity contribution in [2.24, 2.45) is 5.14 Å². The van der Waals surface area contributed by atoms with Crippen molar-refractivity contribution in [1.29, 1.82) is 0 Å². The highest BCUT2D eigenvalue weighted by molar-refractivity contribution is 9.10. The van der Waals surface area contributed by atoms with Crippen molar-refractivity contribution in [3.8, 4) is 5.75 Å². The molecule has 1 aliphatic heterocycles. The number of methoxy groups -OCH3 is 1. The van der Waals surface area contributed by atoms with Crippen LogP contribution in [-0.2, 0) is 26.2 Å². The molecule has 0 bridgehead atoms. The highest BCUT2D eigenvalue weighted by Crippen LogP contribution is 2.42. The Labute approximate surface area is 172 Å². The fourth-order valence-electron chi connectivity index (χ4n) is 2.83. The molecule has 29 heavy (non-hydrogen) atoms. The Bertz CT molecular complexity index is 1200. The minimum Gasteiger partial charge on any atom is -0.496 e. The van der Waals surface area contributed by atoms with E-state index in [1.165, 1.54) is 19.2 Å². The number of ether oxygens (including phenoxy) is 1. The van der Waals surface area contributed by atoms with Gasteiger partial charge < -0.3 is 10.1 Å². The Hall–Kier alpha value is -1.87. The van der Waals surface area contributed by atoms with Crippen molar-refractivity contribution >= 4 is 41.7 Å². The van der Waals surface area contributed by atoms with Gasteiger partial charge in [-0.15, -0.1) is 0 Å². The molecule has 2 aromatic rings. The molecule has 1 aliphatic rings. The number of halogens is 4. The minimum absolute atomic E-state index is 0.272. The zero-order chi connectivity index (χ0) is 21.8. The summed E-state index contributed by atoms with van der Waals surface area (Å²) in [4.78, 5) is -2.02. The maximum atomic E-state index is 13.4. The van der Waals surface area contributed by atoms with Crippen LogP contribution in [0, 0.1) is 0 Å². The van der Waals surface area contributed by atoms with Gasteiger partial charge in [0.2, 0.25) is 20.0 Å². The van der Waals surface area contributed by atoms with E-state index < -0.39 is 53.4 Å². The average Bonchev–Trinajstić information content (AvgIpc) is 2.58. The van der Waals surface area contributed by atoms with Crippen LogP contribution in [0.15, 0.2) is 44.6 Å². The van der Waals surface area contributed by atoms with Crippen LogP contribution in [0.4, 0.5) is 18.9 Å². The predicted molar refractivity (Wildman–Crippen MR) is 100 cm³/mol. The summed E-state index contributed by atoms with van der Waals surface area (Å²) in [6, 6.07) is 5.49. The first-order valence-electron chi connectivity index (χ1n) is 7.64. The number of sulfonamides is 2. The van der Waals surface area contributed by atoms with Gasteiger partial charge >= 0.3 is 6.18 Å². The lowest BCUT2D eigenvalue weighted by atomic mass is 10.1. The van der Waals surface area contributed by atoms with E-state index in [0.29, 0.717) is 22.2 Å². The first-order chi connectivity index (χ1) is 13.2. The molecule has 0 aromatic heterocycles. The van der Waals surface area contributed by atoms with Gasteiger partial charge in [0, 0.05) is 10.0 Å². The van der Waals surface area contributed by atoms with Crippen molar-refractivity contribution < 1.29 is 34.7 Å². The average molecular weight is 516 g/mol. The van der Waals surface area contributed by atoms with Crippen LogP contribution >= 0.6 is 15.9 Å². The first kappa shape index (κ1) is 21.8. The molecule has 3 rings (SSSR count). The summed E-state index contributed by atoms with van der Waals surface area (Å²) < 4.78 is 96.8. The van der Waals surface area contributed by atoms with Gasteiger partial charge in [-0.1, -0.05) is 15.9 Å². The second-order valence-corrected chi connectivity index (χ2v) is 10.1. The van der Waals surface area contributed by atoms with Crippen molar-refractivity contribution in [2.45, 2.75) is 22.1 Å². The Morgan fingerprint density at radius 1 is 1.21 bits per heavy atom. The third-order valence-electron chi connectivity index (χ3n) is 4.06. The van der Waals surface area contributed by atoms with Gasteiger partial charge in [-0.3, -0.25) is 0 Å². The van der Waals surface area contributed by atoms with E-state index in [4.69, 9.17) is 9.88 Å². The summed E-state index contributed by atoms with van der Waals surface area (Å²) in [7, 11) is -7.90. The molecule has 0 amide bonds. The van der Waals surface area contributed by atoms with Crippen LogP contribution in [0.25, 0.3) is 0 Å². The fourth-order valence-corrected chi connectivity index (χ4v) is 5.35. The normalized spacial score (nSPS) is 18.6. The van der Waals surface area contributed by atoms with E-state index in [2.05, 4.69) is 26.0 Å². The summed E-state index contributed by atoms with van der Waals surface area (Å²) in [5.74, 6) is 0.272. The third kappa shape index (κ3) is 4.21. The molecule has 4 N–H and O–H groups in total. The van der Waals surface area contributed by atoms with Gasteiger partial charge in [0.15, 0.2) is 0 Å². The number of fused-ring (bicyclic) bond motifs is 1. The Morgan fingerprint density at radius 3 is 2.41 bits per heavy atom. The number of hydrogen-bond acceptors (Lipinski definition) is 6. The molecule has 8 nitrogen and oxygen atoms in total. The van der Waals surface area contributed by atoms with Gasteiger partial charge in [-0.05, 0) is 30.3 Å². The molecule has 158 valence electrons. The molecule has 0 spiro atoms. The molecule has 2 aromatic carbocycles. The summed E-state index contributed by atoms with van der Waals surface area (Å²) in [5, 5.41) is 7.50. The lowest BCUT2D eigenvalue weighted by molar-refractivity contribution is -0.139. The maximum absolute atomic E-state index is 13.4. The van der Waals surface area contributed by atoms with Gasteiger partial charge in [-0.2, -0.15) is 17.9 Å². The largest absolute Gasteiger partial charge is 0.496 e. The number of alkyl halides is 3. The standard InChI is InChI=1S/C15H13BrF3N3O5S2/c1-27-11-3-2-7(16)4-8(11)14-21-10-5-9(15(17,18)19)12(28(20,23)24)6-13(10)29(25,26)22-14/h2-6,14,21-22H,1H3,(H2,20,23,24). The number of primary sulfonamides is 1. The van der Waals surface area contributed by atoms with Crippen molar-refractivity contribution in [2.75, 3.05) is 12.4 Å². The highest BCUT2D eigenvalue weighted by atomic mass is 79.9. The molecule has 14 heteroatoms. The molecule has 0 saturated heterocycles. The second kappa shape index (κ2) is 7.12. The van der Waals surface area contributed by atoms with Crippen molar-refractivity contribution in [1.82, 2.24) is 4.72 Å². The lowest BCUT2D eigenvalue weighted by Gasteiger charge is -2.30. The van der Waals surface area contributed by atoms with E-state index in [-0.39, 0.29) is 5.75 Å². The fraction of sp³-hybridized carbons (Fsp3) is 0.200. The van der Waals surface area contributed by atoms with Crippen LogP contribution in [0.1, 0.15) is 17.3 Å². The number of hydrogen-bond donors (Lipinski definition) is 3. The molecule has 1 unspecified atom stereocenters. The van der Waals surface area contributed by atoms with E-state index in [0.717, 1.165) is 0 Å². The summed E-state index contributed by atoms with van der Waals surface area (Å²) in [6.07, 6.45) is -6.27. The monoisotopic (exact) mass is 515 g/mol. The number of nitrogens with one attached hydrogen (secondary N) is 2. The molecule has 0 radical (unpaired) electrons. The summed E-state index contributed by atoms with van der Waals surface area (Å²) >= 11 is 3.23. The topological polar surface area (TPSA) is 128 Å². The van der Waals surface area contributed by atoms with Gasteiger partial charge in [0.25, 0.3) is 0 Å². The van der Waals surface area contributed by atoms with E-state index in [1.54, 1.807) is 6.07 Å². The van der Waals surface area contributed by atoms with Gasteiger partial charge in [0.05, 0.1) is 23.3 Å². The second-order valence-electron chi connectivity index (χ2n) is 5.97. The number of rotatable bonds is 3. The zero-order valence-electron chi connectivity index (χ0n) is 14.4. The highest BCUT2D eigenvalue weighted by Gasteiger charge is 2.41. The number of benzene rings is 2. The molecule has 0 fully saturated rings. The lowest BCUT2D eigenvalue weighted by Crippen LogP contribution is -2.39. The third-order valence-corrected chi connectivity index (χ3v) is 6.97. The summed E-state index contributed by atoms with van der Waals surface area (Å²) in [5.41, 5.74) is -1.72. The maximum Gasteiger partial charge on any atom is 0.417 e. The van der Waals surface area contributed by atoms with Crippen molar-refractivity contribution in [3.05, 3.63) is 45.9 Å². The van der Waals surface area contributed by atoms with E-state index >= 15 is 0 Å². The minimum atomic E-state index is -5.09. The Balaban J connectivity index is 2.24. The Kier molecular flexibility index (Phi) is 5.36. The quantitative estimate of drug-likeness (QED) is 0.576. The Morgan fingerprint density at radius 2 is 1.86 bits per heavy atom. The number of anilines is 1. The zero-order valence-corrected chi connectivity index (χ0v) is 17.6. The van der Waals surface area contributed by atoms with Crippen LogP contribution in [0.5, 0.6) is 5.75 Å². The van der Waals surface area contributed by atoms with Crippen LogP contribution in [0.2, 0.25) is 0 Å². The molecular formula is C15H13BrF3N3O5S2. The molecule has 0 aliphatic carbocycles. The van der Waals surface area contributed by atoms with E-state index in [1.807, 2.05) is 0 Å². The molecular weight excluding hydrogens is 503 g/mol.